The van der Waals surface area contributed by atoms with Crippen molar-refractivity contribution in [2.45, 2.75) is 70.8 Å². The molecule has 21 heavy (non-hydrogen) atoms. The fraction of sp³-hybridized carbons (Fsp3) is 0.632. The number of ketones is 1. The van der Waals surface area contributed by atoms with Crippen molar-refractivity contribution >= 4 is 5.78 Å². The second-order valence-corrected chi connectivity index (χ2v) is 7.41. The van der Waals surface area contributed by atoms with Crippen LogP contribution >= 0.6 is 0 Å². The van der Waals surface area contributed by atoms with Crippen LogP contribution in [0.3, 0.4) is 0 Å². The normalized spacial score (nSPS) is 22.5. The molecule has 0 aromatic heterocycles. The molecule has 1 N–H and O–H groups in total. The molecule has 1 fully saturated rings. The Morgan fingerprint density at radius 3 is 2.38 bits per heavy atom. The molecule has 0 saturated carbocycles. The minimum absolute atomic E-state index is 0.166. The van der Waals surface area contributed by atoms with Crippen LogP contribution in [0.2, 0.25) is 0 Å². The Bertz CT molecular complexity index is 475. The van der Waals surface area contributed by atoms with Crippen LogP contribution < -0.4 is 5.32 Å². The summed E-state index contributed by atoms with van der Waals surface area (Å²) in [4.78, 5) is 12.7. The molecule has 0 amide bonds. The highest BCUT2D eigenvalue weighted by Crippen LogP contribution is 2.28. The number of hydrogen-bond acceptors (Lipinski definition) is 2. The average molecular weight is 287 g/mol. The zero-order chi connectivity index (χ0) is 15.5. The van der Waals surface area contributed by atoms with E-state index in [-0.39, 0.29) is 11.0 Å². The Balaban J connectivity index is 2.08. The molecule has 1 heterocycles. The van der Waals surface area contributed by atoms with E-state index >= 15 is 0 Å². The van der Waals surface area contributed by atoms with E-state index in [1.165, 1.54) is 5.56 Å². The maximum atomic E-state index is 12.7. The standard InChI is InChI=1S/C19H29NO/c1-5-11-19(12-6-13-20-19)17(21)14-15-7-9-16(10-8-15)18(2,3)4/h7-10,20H,5-6,11-14H2,1-4H3. The lowest BCUT2D eigenvalue weighted by Gasteiger charge is -2.28. The van der Waals surface area contributed by atoms with Crippen LogP contribution in [0, 0.1) is 0 Å². The summed E-state index contributed by atoms with van der Waals surface area (Å²) in [6.45, 7) is 9.78. The smallest absolute Gasteiger partial charge is 0.157 e. The monoisotopic (exact) mass is 287 g/mol. The molecule has 0 radical (unpaired) electrons. The van der Waals surface area contributed by atoms with Gasteiger partial charge in [-0.25, -0.2) is 0 Å². The number of rotatable bonds is 5. The van der Waals surface area contributed by atoms with E-state index in [0.717, 1.165) is 37.8 Å². The Kier molecular flexibility index (Phi) is 4.88. The van der Waals surface area contributed by atoms with Gasteiger partial charge in [0.05, 0.1) is 5.54 Å². The summed E-state index contributed by atoms with van der Waals surface area (Å²) in [6, 6.07) is 8.56. The third kappa shape index (κ3) is 3.74. The van der Waals surface area contributed by atoms with E-state index in [1.54, 1.807) is 0 Å². The van der Waals surface area contributed by atoms with Crippen molar-refractivity contribution in [2.24, 2.45) is 0 Å². The second-order valence-electron chi connectivity index (χ2n) is 7.41. The van der Waals surface area contributed by atoms with Gasteiger partial charge in [-0.3, -0.25) is 4.79 Å². The molecule has 2 nitrogen and oxygen atoms in total. The quantitative estimate of drug-likeness (QED) is 0.886. The van der Waals surface area contributed by atoms with E-state index in [0.29, 0.717) is 12.2 Å². The molecule has 1 atom stereocenters. The van der Waals surface area contributed by atoms with Crippen LogP contribution in [0.5, 0.6) is 0 Å². The van der Waals surface area contributed by atoms with Crippen LogP contribution in [0.4, 0.5) is 0 Å². The lowest BCUT2D eigenvalue weighted by atomic mass is 9.83. The summed E-state index contributed by atoms with van der Waals surface area (Å²) >= 11 is 0. The molecule has 116 valence electrons. The summed E-state index contributed by atoms with van der Waals surface area (Å²) in [5, 5.41) is 3.48. The predicted molar refractivity (Wildman–Crippen MR) is 88.7 cm³/mol. The highest BCUT2D eigenvalue weighted by molar-refractivity contribution is 5.90. The van der Waals surface area contributed by atoms with Gasteiger partial charge < -0.3 is 5.32 Å². The first kappa shape index (κ1) is 16.2. The van der Waals surface area contributed by atoms with Gasteiger partial charge in [-0.2, -0.15) is 0 Å². The summed E-state index contributed by atoms with van der Waals surface area (Å²) in [5.41, 5.74) is 2.37. The first-order valence-electron chi connectivity index (χ1n) is 8.25. The number of benzene rings is 1. The van der Waals surface area contributed by atoms with Crippen LogP contribution in [-0.4, -0.2) is 17.9 Å². The first-order chi connectivity index (χ1) is 9.87. The zero-order valence-corrected chi connectivity index (χ0v) is 14.0. The molecule has 1 aliphatic heterocycles. The highest BCUT2D eigenvalue weighted by atomic mass is 16.1. The molecular weight excluding hydrogens is 258 g/mol. The molecule has 1 aromatic rings. The van der Waals surface area contributed by atoms with Crippen molar-refractivity contribution < 1.29 is 4.79 Å². The van der Waals surface area contributed by atoms with Gasteiger partial charge in [0.15, 0.2) is 5.78 Å². The van der Waals surface area contributed by atoms with Gasteiger partial charge in [0.1, 0.15) is 0 Å². The van der Waals surface area contributed by atoms with Gasteiger partial charge in [-0.05, 0) is 42.3 Å². The molecule has 0 aliphatic carbocycles. The molecular formula is C19H29NO. The van der Waals surface area contributed by atoms with E-state index in [9.17, 15) is 4.79 Å². The van der Waals surface area contributed by atoms with Crippen LogP contribution in [-0.2, 0) is 16.6 Å². The van der Waals surface area contributed by atoms with Crippen LogP contribution in [0.1, 0.15) is 64.5 Å². The SMILES string of the molecule is CCCC1(C(=O)Cc2ccc(C(C)(C)C)cc2)CCCN1. The number of nitrogens with one attached hydrogen (secondary N) is 1. The van der Waals surface area contributed by atoms with Gasteiger partial charge in [0, 0.05) is 6.42 Å². The van der Waals surface area contributed by atoms with Crippen molar-refractivity contribution in [3.05, 3.63) is 35.4 Å². The predicted octanol–water partition coefficient (Wildman–Crippen LogP) is 4.02. The fourth-order valence-corrected chi connectivity index (χ4v) is 3.30. The summed E-state index contributed by atoms with van der Waals surface area (Å²) in [5.74, 6) is 0.366. The number of carbonyl (C=O) groups is 1. The Labute approximate surface area is 129 Å². The third-order valence-electron chi connectivity index (χ3n) is 4.64. The topological polar surface area (TPSA) is 29.1 Å². The van der Waals surface area contributed by atoms with E-state index in [4.69, 9.17) is 0 Å². The highest BCUT2D eigenvalue weighted by Gasteiger charge is 2.39. The summed E-state index contributed by atoms with van der Waals surface area (Å²) in [6.07, 6.45) is 4.69. The number of Topliss-reactive ketones (excluding diaryl/α,β-unsaturated/α-hetero) is 1. The molecule has 0 spiro atoms. The lowest BCUT2D eigenvalue weighted by molar-refractivity contribution is -0.124. The van der Waals surface area contributed by atoms with E-state index in [1.807, 2.05) is 0 Å². The zero-order valence-electron chi connectivity index (χ0n) is 14.0. The summed E-state index contributed by atoms with van der Waals surface area (Å²) in [7, 11) is 0. The minimum Gasteiger partial charge on any atom is -0.305 e. The lowest BCUT2D eigenvalue weighted by Crippen LogP contribution is -2.48. The van der Waals surface area contributed by atoms with E-state index in [2.05, 4.69) is 57.3 Å². The Morgan fingerprint density at radius 1 is 1.24 bits per heavy atom. The molecule has 2 rings (SSSR count). The Hall–Kier alpha value is -1.15. The van der Waals surface area contributed by atoms with Crippen molar-refractivity contribution in [1.29, 1.82) is 0 Å². The fourth-order valence-electron chi connectivity index (χ4n) is 3.30. The van der Waals surface area contributed by atoms with Gasteiger partial charge in [0.2, 0.25) is 0 Å². The largest absolute Gasteiger partial charge is 0.305 e. The molecule has 1 aromatic carbocycles. The molecule has 2 heteroatoms. The Morgan fingerprint density at radius 2 is 1.90 bits per heavy atom. The van der Waals surface area contributed by atoms with E-state index < -0.39 is 0 Å². The number of carbonyl (C=O) groups excluding carboxylic acids is 1. The molecule has 1 aliphatic rings. The maximum absolute atomic E-state index is 12.7. The first-order valence-corrected chi connectivity index (χ1v) is 8.25. The third-order valence-corrected chi connectivity index (χ3v) is 4.64. The van der Waals surface area contributed by atoms with Crippen molar-refractivity contribution in [3.8, 4) is 0 Å². The van der Waals surface area contributed by atoms with Gasteiger partial charge >= 0.3 is 0 Å². The second kappa shape index (κ2) is 6.31. The van der Waals surface area contributed by atoms with Crippen LogP contribution in [0.25, 0.3) is 0 Å². The van der Waals surface area contributed by atoms with Gasteiger partial charge in [-0.1, -0.05) is 58.4 Å². The maximum Gasteiger partial charge on any atom is 0.157 e. The number of hydrogen-bond donors (Lipinski definition) is 1. The van der Waals surface area contributed by atoms with Crippen molar-refractivity contribution in [1.82, 2.24) is 5.32 Å². The van der Waals surface area contributed by atoms with Gasteiger partial charge in [0.25, 0.3) is 0 Å². The average Bonchev–Trinajstić information content (AvgIpc) is 2.89. The molecule has 1 unspecified atom stereocenters. The minimum atomic E-state index is -0.253. The van der Waals surface area contributed by atoms with Crippen molar-refractivity contribution in [2.75, 3.05) is 6.54 Å². The summed E-state index contributed by atoms with van der Waals surface area (Å²) < 4.78 is 0. The van der Waals surface area contributed by atoms with Crippen LogP contribution in [0.15, 0.2) is 24.3 Å². The molecule has 1 saturated heterocycles. The molecule has 0 bridgehead atoms. The van der Waals surface area contributed by atoms with Gasteiger partial charge in [-0.15, -0.1) is 0 Å². The van der Waals surface area contributed by atoms with Crippen molar-refractivity contribution in [3.63, 3.8) is 0 Å².